The standard InChI is InChI=1S/C26H31N5O/c1-4-6-7-8-9-15-31(19(3)10-5-2)22-13-11-20(12-14-22)24-23(18-29)25(30-26(24)32)21(16-27)17-28/h11-14,19H,4-10,15H2,1-3H3,(H,30,32). The van der Waals surface area contributed by atoms with Gasteiger partial charge in [-0.05, 0) is 37.5 Å². The van der Waals surface area contributed by atoms with E-state index in [9.17, 15) is 10.1 Å². The Hall–Kier alpha value is -3.56. The highest BCUT2D eigenvalue weighted by atomic mass is 16.2. The monoisotopic (exact) mass is 429 g/mol. The van der Waals surface area contributed by atoms with E-state index in [1.54, 1.807) is 12.1 Å². The Labute approximate surface area is 191 Å². The van der Waals surface area contributed by atoms with Crippen LogP contribution in [0.1, 0.15) is 71.3 Å². The van der Waals surface area contributed by atoms with Gasteiger partial charge in [0, 0.05) is 18.3 Å². The van der Waals surface area contributed by atoms with Gasteiger partial charge in [-0.25, -0.2) is 0 Å². The third kappa shape index (κ3) is 5.77. The van der Waals surface area contributed by atoms with E-state index in [0.29, 0.717) is 11.6 Å². The fourth-order valence-electron chi connectivity index (χ4n) is 4.07. The van der Waals surface area contributed by atoms with Gasteiger partial charge in [0.1, 0.15) is 18.2 Å². The maximum atomic E-state index is 12.5. The van der Waals surface area contributed by atoms with Gasteiger partial charge in [-0.3, -0.25) is 4.79 Å². The van der Waals surface area contributed by atoms with Crippen molar-refractivity contribution in [2.75, 3.05) is 11.4 Å². The smallest absolute Gasteiger partial charge is 0.257 e. The van der Waals surface area contributed by atoms with Crippen LogP contribution >= 0.6 is 0 Å². The molecule has 0 aromatic heterocycles. The van der Waals surface area contributed by atoms with Gasteiger partial charge >= 0.3 is 0 Å². The number of carbonyl (C=O) groups is 1. The molecule has 1 N–H and O–H groups in total. The van der Waals surface area contributed by atoms with Crippen molar-refractivity contribution in [3.63, 3.8) is 0 Å². The average Bonchev–Trinajstić information content (AvgIpc) is 3.13. The lowest BCUT2D eigenvalue weighted by Gasteiger charge is -2.31. The van der Waals surface area contributed by atoms with Crippen LogP contribution in [-0.2, 0) is 4.79 Å². The highest BCUT2D eigenvalue weighted by Crippen LogP contribution is 2.32. The Morgan fingerprint density at radius 1 is 1.00 bits per heavy atom. The number of hydrogen-bond acceptors (Lipinski definition) is 5. The summed E-state index contributed by atoms with van der Waals surface area (Å²) >= 11 is 0. The van der Waals surface area contributed by atoms with Crippen LogP contribution in [0.3, 0.4) is 0 Å². The molecule has 1 unspecified atom stereocenters. The van der Waals surface area contributed by atoms with Crippen molar-refractivity contribution in [3.8, 4) is 18.2 Å². The van der Waals surface area contributed by atoms with Crippen molar-refractivity contribution in [2.24, 2.45) is 0 Å². The van der Waals surface area contributed by atoms with Gasteiger partial charge in [0.2, 0.25) is 0 Å². The number of amides is 1. The number of nitrogens with zero attached hydrogens (tertiary/aromatic N) is 4. The fourth-order valence-corrected chi connectivity index (χ4v) is 4.07. The average molecular weight is 430 g/mol. The Morgan fingerprint density at radius 3 is 2.22 bits per heavy atom. The van der Waals surface area contributed by atoms with Crippen LogP contribution in [0.25, 0.3) is 5.57 Å². The zero-order valence-electron chi connectivity index (χ0n) is 19.2. The predicted molar refractivity (Wildman–Crippen MR) is 126 cm³/mol. The molecule has 0 saturated heterocycles. The number of benzene rings is 1. The van der Waals surface area contributed by atoms with Crippen LogP contribution in [0.2, 0.25) is 0 Å². The van der Waals surface area contributed by atoms with E-state index < -0.39 is 5.91 Å². The summed E-state index contributed by atoms with van der Waals surface area (Å²) in [6.07, 6.45) is 8.33. The van der Waals surface area contributed by atoms with E-state index in [4.69, 9.17) is 10.5 Å². The van der Waals surface area contributed by atoms with Crippen molar-refractivity contribution in [1.29, 1.82) is 15.8 Å². The lowest BCUT2D eigenvalue weighted by molar-refractivity contribution is -0.114. The number of allylic oxidation sites excluding steroid dienone is 2. The molecule has 0 aliphatic carbocycles. The first-order valence-corrected chi connectivity index (χ1v) is 11.4. The van der Waals surface area contributed by atoms with Crippen LogP contribution < -0.4 is 10.2 Å². The zero-order chi connectivity index (χ0) is 23.5. The van der Waals surface area contributed by atoms with E-state index in [1.807, 2.05) is 30.3 Å². The maximum absolute atomic E-state index is 12.5. The third-order valence-corrected chi connectivity index (χ3v) is 5.78. The summed E-state index contributed by atoms with van der Waals surface area (Å²) in [5.41, 5.74) is 1.64. The molecular weight excluding hydrogens is 398 g/mol. The van der Waals surface area contributed by atoms with Crippen LogP contribution in [0.15, 0.2) is 41.1 Å². The molecule has 0 fully saturated rings. The normalized spacial score (nSPS) is 13.8. The number of carbonyl (C=O) groups excluding carboxylic acids is 1. The molecular formula is C26H31N5O. The largest absolute Gasteiger partial charge is 0.369 e. The first-order chi connectivity index (χ1) is 15.5. The molecule has 0 radical (unpaired) electrons. The molecule has 0 saturated carbocycles. The molecule has 6 heteroatoms. The quantitative estimate of drug-likeness (QED) is 0.377. The Kier molecular flexibility index (Phi) is 9.52. The molecule has 1 aliphatic rings. The molecule has 2 rings (SSSR count). The highest BCUT2D eigenvalue weighted by molar-refractivity contribution is 6.26. The van der Waals surface area contributed by atoms with Gasteiger partial charge in [0.15, 0.2) is 5.57 Å². The molecule has 1 heterocycles. The number of rotatable bonds is 11. The van der Waals surface area contributed by atoms with E-state index in [-0.39, 0.29) is 22.4 Å². The second-order valence-electron chi connectivity index (χ2n) is 8.08. The SMILES string of the molecule is CCCCCCCN(c1ccc(C2=C(C#N)C(=C(C#N)C#N)NC2=O)cc1)C(C)CCC. The minimum atomic E-state index is -0.473. The summed E-state index contributed by atoms with van der Waals surface area (Å²) < 4.78 is 0. The van der Waals surface area contributed by atoms with E-state index in [0.717, 1.165) is 31.5 Å². The van der Waals surface area contributed by atoms with Crippen LogP contribution in [-0.4, -0.2) is 18.5 Å². The van der Waals surface area contributed by atoms with Crippen LogP contribution in [0, 0.1) is 34.0 Å². The first-order valence-electron chi connectivity index (χ1n) is 11.4. The van der Waals surface area contributed by atoms with Gasteiger partial charge in [-0.2, -0.15) is 15.8 Å². The van der Waals surface area contributed by atoms with Gasteiger partial charge in [-0.15, -0.1) is 0 Å². The number of unbranched alkanes of at least 4 members (excludes halogenated alkanes) is 4. The summed E-state index contributed by atoms with van der Waals surface area (Å²) in [5.74, 6) is -0.473. The van der Waals surface area contributed by atoms with E-state index in [2.05, 4.69) is 31.0 Å². The first kappa shape index (κ1) is 24.7. The van der Waals surface area contributed by atoms with Gasteiger partial charge in [0.05, 0.1) is 16.8 Å². The predicted octanol–water partition coefficient (Wildman–Crippen LogP) is 5.36. The lowest BCUT2D eigenvalue weighted by Crippen LogP contribution is -2.34. The number of nitriles is 3. The topological polar surface area (TPSA) is 104 Å². The molecule has 32 heavy (non-hydrogen) atoms. The molecule has 1 aromatic rings. The second-order valence-corrected chi connectivity index (χ2v) is 8.08. The Bertz CT molecular complexity index is 983. The minimum Gasteiger partial charge on any atom is -0.369 e. The zero-order valence-corrected chi connectivity index (χ0v) is 19.2. The molecule has 0 bridgehead atoms. The van der Waals surface area contributed by atoms with Crippen molar-refractivity contribution in [3.05, 3.63) is 46.7 Å². The number of hydrogen-bond donors (Lipinski definition) is 1. The summed E-state index contributed by atoms with van der Waals surface area (Å²) in [5, 5.41) is 30.4. The summed E-state index contributed by atoms with van der Waals surface area (Å²) in [6, 6.07) is 13.5. The second kappa shape index (κ2) is 12.3. The molecule has 166 valence electrons. The van der Waals surface area contributed by atoms with Gasteiger partial charge in [-0.1, -0.05) is 58.1 Å². The Balaban J connectivity index is 2.33. The fraction of sp³-hybridized carbons (Fsp3) is 0.462. The molecule has 1 amide bonds. The van der Waals surface area contributed by atoms with E-state index >= 15 is 0 Å². The van der Waals surface area contributed by atoms with Crippen LogP contribution in [0.4, 0.5) is 5.69 Å². The summed E-state index contributed by atoms with van der Waals surface area (Å²) in [7, 11) is 0. The molecule has 1 aromatic carbocycles. The molecule has 6 nitrogen and oxygen atoms in total. The van der Waals surface area contributed by atoms with Crippen molar-refractivity contribution in [2.45, 2.75) is 71.8 Å². The highest BCUT2D eigenvalue weighted by Gasteiger charge is 2.31. The van der Waals surface area contributed by atoms with Crippen molar-refractivity contribution < 1.29 is 4.79 Å². The van der Waals surface area contributed by atoms with Crippen LogP contribution in [0.5, 0.6) is 0 Å². The van der Waals surface area contributed by atoms with Gasteiger partial charge < -0.3 is 10.2 Å². The molecule has 0 spiro atoms. The van der Waals surface area contributed by atoms with E-state index in [1.165, 1.54) is 25.7 Å². The number of nitrogens with one attached hydrogen (secondary N) is 1. The molecule has 1 aliphatic heterocycles. The Morgan fingerprint density at radius 2 is 1.66 bits per heavy atom. The lowest BCUT2D eigenvalue weighted by atomic mass is 9.99. The maximum Gasteiger partial charge on any atom is 0.257 e. The molecule has 1 atom stereocenters. The van der Waals surface area contributed by atoms with Crippen molar-refractivity contribution >= 4 is 17.2 Å². The summed E-state index contributed by atoms with van der Waals surface area (Å²) in [4.78, 5) is 15.0. The summed E-state index contributed by atoms with van der Waals surface area (Å²) in [6.45, 7) is 7.63. The van der Waals surface area contributed by atoms with Gasteiger partial charge in [0.25, 0.3) is 5.91 Å². The van der Waals surface area contributed by atoms with Crippen molar-refractivity contribution in [1.82, 2.24) is 5.32 Å². The number of anilines is 1. The minimum absolute atomic E-state index is 0.00755. The third-order valence-electron chi connectivity index (χ3n) is 5.78.